The summed E-state index contributed by atoms with van der Waals surface area (Å²) in [6.45, 7) is 7.88. The highest BCUT2D eigenvalue weighted by atomic mass is 31.2. The van der Waals surface area contributed by atoms with Crippen molar-refractivity contribution < 1.29 is 38.1 Å². The summed E-state index contributed by atoms with van der Waals surface area (Å²) in [5.74, 6) is -0.420. The molecule has 5 N–H and O–H groups in total. The molecule has 42 heavy (non-hydrogen) atoms. The van der Waals surface area contributed by atoms with Gasteiger partial charge in [-0.2, -0.15) is 15.4 Å². The number of nitrogen functional groups attached to an aromatic ring is 1. The van der Waals surface area contributed by atoms with Gasteiger partial charge in [0.25, 0.3) is 0 Å². The molecule has 1 unspecified atom stereocenters. The number of carbonyl (C=O) groups excluding carboxylic acids is 1. The average Bonchev–Trinajstić information content (AvgIpc) is 3.49. The van der Waals surface area contributed by atoms with Crippen LogP contribution in [0.2, 0.25) is 0 Å². The number of nitriles is 1. The van der Waals surface area contributed by atoms with Gasteiger partial charge >= 0.3 is 13.7 Å². The minimum Gasteiger partial charge on any atom is -0.465 e. The first-order chi connectivity index (χ1) is 19.7. The molecule has 1 fully saturated rings. The van der Waals surface area contributed by atoms with Gasteiger partial charge in [-0.05, 0) is 49.1 Å². The molecule has 2 aromatic heterocycles. The standard InChI is InChI=1S/C27H35N6O8P/c1-6-38-23(34)17(2)32-42(37,41-19-9-7-18(8-10-19)25(3,4)5)40-14-26(13-28)24(35)27(36,15-39-26)21-12-11-20-22(29)30-16-31-33(20)21/h7-12,16-17,24,35-36H,6,14-15H2,1-5H3,(H,32,37)(H2,29,30,31)/t17-,24+,26+,27+,42?/m0/s1. The van der Waals surface area contributed by atoms with Crippen LogP contribution in [0.3, 0.4) is 0 Å². The number of nitrogens with one attached hydrogen (secondary N) is 1. The fourth-order valence-electron chi connectivity index (χ4n) is 4.51. The quantitative estimate of drug-likeness (QED) is 0.194. The molecular formula is C27H35N6O8P. The van der Waals surface area contributed by atoms with Crippen molar-refractivity contribution in [2.75, 3.05) is 25.6 Å². The number of benzene rings is 1. The molecule has 15 heteroatoms. The number of ether oxygens (including phenoxy) is 2. The number of hydrogen-bond acceptors (Lipinski definition) is 12. The molecule has 226 valence electrons. The monoisotopic (exact) mass is 602 g/mol. The normalized spacial score (nSPS) is 24.6. The van der Waals surface area contributed by atoms with Crippen molar-refractivity contribution in [2.24, 2.45) is 0 Å². The third-order valence-corrected chi connectivity index (χ3v) is 8.57. The van der Waals surface area contributed by atoms with E-state index >= 15 is 0 Å². The Morgan fingerprint density at radius 3 is 2.64 bits per heavy atom. The summed E-state index contributed by atoms with van der Waals surface area (Å²) in [5.41, 5.74) is 2.86. The Kier molecular flexibility index (Phi) is 8.67. The van der Waals surface area contributed by atoms with E-state index in [1.807, 2.05) is 26.8 Å². The van der Waals surface area contributed by atoms with Crippen molar-refractivity contribution in [1.82, 2.24) is 19.7 Å². The highest BCUT2D eigenvalue weighted by molar-refractivity contribution is 7.52. The van der Waals surface area contributed by atoms with Gasteiger partial charge in [-0.3, -0.25) is 9.32 Å². The maximum atomic E-state index is 14.0. The number of aliphatic hydroxyl groups is 2. The summed E-state index contributed by atoms with van der Waals surface area (Å²) < 4.78 is 37.3. The minimum absolute atomic E-state index is 0.0867. The van der Waals surface area contributed by atoms with E-state index in [4.69, 9.17) is 24.3 Å². The van der Waals surface area contributed by atoms with Crippen LogP contribution in [0.15, 0.2) is 42.7 Å². The van der Waals surface area contributed by atoms with Gasteiger partial charge in [0, 0.05) is 0 Å². The Bertz CT molecular complexity index is 1530. The predicted octanol–water partition coefficient (Wildman–Crippen LogP) is 2.19. The lowest BCUT2D eigenvalue weighted by atomic mass is 9.86. The van der Waals surface area contributed by atoms with Crippen molar-refractivity contribution in [3.63, 3.8) is 0 Å². The molecule has 0 amide bonds. The average molecular weight is 603 g/mol. The third-order valence-electron chi connectivity index (χ3n) is 6.95. The van der Waals surface area contributed by atoms with E-state index in [0.717, 1.165) is 5.56 Å². The smallest absolute Gasteiger partial charge is 0.459 e. The Hall–Kier alpha value is -3.57. The highest BCUT2D eigenvalue weighted by Crippen LogP contribution is 2.48. The van der Waals surface area contributed by atoms with E-state index in [1.54, 1.807) is 37.3 Å². The number of rotatable bonds is 10. The molecule has 5 atom stereocenters. The lowest BCUT2D eigenvalue weighted by Gasteiger charge is -2.31. The fourth-order valence-corrected chi connectivity index (χ4v) is 6.03. The van der Waals surface area contributed by atoms with Crippen LogP contribution < -0.4 is 15.3 Å². The number of aliphatic hydroxyl groups excluding tert-OH is 1. The summed E-state index contributed by atoms with van der Waals surface area (Å²) in [7, 11) is -4.43. The van der Waals surface area contributed by atoms with Crippen molar-refractivity contribution in [3.05, 3.63) is 54.0 Å². The lowest BCUT2D eigenvalue weighted by molar-refractivity contribution is -0.144. The van der Waals surface area contributed by atoms with Crippen LogP contribution in [0.1, 0.15) is 45.9 Å². The molecule has 4 rings (SSSR count). The van der Waals surface area contributed by atoms with E-state index in [2.05, 4.69) is 15.2 Å². The van der Waals surface area contributed by atoms with Crippen LogP contribution in [-0.2, 0) is 34.4 Å². The van der Waals surface area contributed by atoms with Gasteiger partial charge in [0.2, 0.25) is 5.60 Å². The van der Waals surface area contributed by atoms with Crippen molar-refractivity contribution in [1.29, 1.82) is 5.26 Å². The Balaban J connectivity index is 1.61. The molecule has 14 nitrogen and oxygen atoms in total. The SMILES string of the molecule is CCOC(=O)[C@H](C)NP(=O)(OC[C@@]1(C#N)OC[C@@](O)(c2ccc3c(N)ncnn23)[C@@H]1O)Oc1ccc(C(C)(C)C)cc1. The third kappa shape index (κ3) is 5.98. The van der Waals surface area contributed by atoms with Gasteiger partial charge in [0.1, 0.15) is 42.4 Å². The van der Waals surface area contributed by atoms with E-state index < -0.39 is 50.3 Å². The van der Waals surface area contributed by atoms with E-state index in [-0.39, 0.29) is 29.3 Å². The second kappa shape index (κ2) is 11.6. The molecule has 3 heterocycles. The Morgan fingerprint density at radius 1 is 1.33 bits per heavy atom. The van der Waals surface area contributed by atoms with Crippen LogP contribution in [0.25, 0.3) is 5.52 Å². The molecular weight excluding hydrogens is 567 g/mol. The molecule has 1 saturated heterocycles. The summed E-state index contributed by atoms with van der Waals surface area (Å²) >= 11 is 0. The molecule has 1 aromatic carbocycles. The Labute approximate surface area is 242 Å². The van der Waals surface area contributed by atoms with Gasteiger partial charge in [0.05, 0.1) is 18.9 Å². The zero-order valence-electron chi connectivity index (χ0n) is 24.0. The Morgan fingerprint density at radius 2 is 2.02 bits per heavy atom. The largest absolute Gasteiger partial charge is 0.465 e. The van der Waals surface area contributed by atoms with Gasteiger partial charge in [0.15, 0.2) is 11.4 Å². The van der Waals surface area contributed by atoms with Gasteiger partial charge in [-0.15, -0.1) is 0 Å². The number of nitrogens with zero attached hydrogens (tertiary/aromatic N) is 4. The molecule has 0 spiro atoms. The van der Waals surface area contributed by atoms with Crippen LogP contribution >= 0.6 is 7.75 Å². The van der Waals surface area contributed by atoms with Crippen LogP contribution in [-0.4, -0.2) is 68.3 Å². The molecule has 0 saturated carbocycles. The molecule has 1 aliphatic rings. The highest BCUT2D eigenvalue weighted by Gasteiger charge is 2.61. The summed E-state index contributed by atoms with van der Waals surface area (Å²) in [6.07, 6.45) is -0.720. The van der Waals surface area contributed by atoms with Gasteiger partial charge in [-0.1, -0.05) is 32.9 Å². The number of anilines is 1. The lowest BCUT2D eigenvalue weighted by Crippen LogP contribution is -2.51. The molecule has 0 radical (unpaired) electrons. The van der Waals surface area contributed by atoms with Gasteiger partial charge in [-0.25, -0.2) is 14.1 Å². The zero-order chi connectivity index (χ0) is 30.9. The van der Waals surface area contributed by atoms with E-state index in [1.165, 1.54) is 23.8 Å². The number of carbonyl (C=O) groups is 1. The summed E-state index contributed by atoms with van der Waals surface area (Å²) in [5, 5.41) is 39.5. The van der Waals surface area contributed by atoms with Crippen molar-refractivity contribution in [2.45, 2.75) is 63.4 Å². The number of fused-ring (bicyclic) bond motifs is 1. The van der Waals surface area contributed by atoms with E-state index in [9.17, 15) is 24.8 Å². The first kappa shape index (κ1) is 31.4. The number of nitrogens with two attached hydrogens (primary N) is 1. The maximum Gasteiger partial charge on any atom is 0.459 e. The number of esters is 1. The first-order valence-corrected chi connectivity index (χ1v) is 14.8. The second-order valence-corrected chi connectivity index (χ2v) is 12.7. The zero-order valence-corrected chi connectivity index (χ0v) is 24.9. The predicted molar refractivity (Wildman–Crippen MR) is 150 cm³/mol. The molecule has 0 bridgehead atoms. The number of aromatic nitrogens is 3. The second-order valence-electron chi connectivity index (χ2n) is 11.0. The maximum absolute atomic E-state index is 14.0. The van der Waals surface area contributed by atoms with Gasteiger partial charge < -0.3 is 29.9 Å². The summed E-state index contributed by atoms with van der Waals surface area (Å²) in [6, 6.07) is 10.5. The molecule has 3 aromatic rings. The first-order valence-electron chi connectivity index (χ1n) is 13.2. The molecule has 1 aliphatic heterocycles. The minimum atomic E-state index is -4.43. The topological polar surface area (TPSA) is 204 Å². The summed E-state index contributed by atoms with van der Waals surface area (Å²) in [4.78, 5) is 16.2. The number of hydrogen-bond donors (Lipinski definition) is 4. The molecule has 0 aliphatic carbocycles. The van der Waals surface area contributed by atoms with Crippen molar-refractivity contribution in [3.8, 4) is 11.8 Å². The van der Waals surface area contributed by atoms with Crippen LogP contribution in [0, 0.1) is 11.3 Å². The van der Waals surface area contributed by atoms with Crippen molar-refractivity contribution >= 4 is 25.1 Å². The van der Waals surface area contributed by atoms with E-state index in [0.29, 0.717) is 5.52 Å². The van der Waals surface area contributed by atoms with Crippen LogP contribution in [0.5, 0.6) is 5.75 Å². The fraction of sp³-hybridized carbons (Fsp3) is 0.481. The van der Waals surface area contributed by atoms with Crippen LogP contribution in [0.4, 0.5) is 5.82 Å².